The lowest BCUT2D eigenvalue weighted by Gasteiger charge is -2.12. The van der Waals surface area contributed by atoms with Crippen LogP contribution in [0.3, 0.4) is 0 Å². The van der Waals surface area contributed by atoms with Crippen molar-refractivity contribution in [1.29, 1.82) is 0 Å². The van der Waals surface area contributed by atoms with Crippen molar-refractivity contribution in [3.63, 3.8) is 0 Å². The highest BCUT2D eigenvalue weighted by molar-refractivity contribution is 7.98. The zero-order valence-electron chi connectivity index (χ0n) is 16.3. The van der Waals surface area contributed by atoms with Gasteiger partial charge in [-0.1, -0.05) is 73.1 Å². The van der Waals surface area contributed by atoms with Crippen LogP contribution in [0.4, 0.5) is 0 Å². The molecule has 6 heteroatoms. The van der Waals surface area contributed by atoms with E-state index in [1.165, 1.54) is 4.88 Å². The highest BCUT2D eigenvalue weighted by atomic mass is 35.5. The molecule has 2 heterocycles. The maximum atomic E-state index is 13.6. The van der Waals surface area contributed by atoms with Crippen molar-refractivity contribution in [2.24, 2.45) is 0 Å². The molecule has 29 heavy (non-hydrogen) atoms. The molecule has 0 unspecified atom stereocenters. The number of benzene rings is 2. The van der Waals surface area contributed by atoms with E-state index in [1.54, 1.807) is 27.7 Å². The molecular weight excluding hydrogens is 420 g/mol. The van der Waals surface area contributed by atoms with Crippen molar-refractivity contribution in [3.8, 4) is 5.69 Å². The van der Waals surface area contributed by atoms with Gasteiger partial charge in [0, 0.05) is 15.7 Å². The third kappa shape index (κ3) is 4.00. The van der Waals surface area contributed by atoms with Gasteiger partial charge in [0.05, 0.1) is 11.1 Å². The lowest BCUT2D eigenvalue weighted by atomic mass is 10.1. The van der Waals surface area contributed by atoms with Crippen LogP contribution >= 0.6 is 34.7 Å². The minimum Gasteiger partial charge on any atom is -0.268 e. The van der Waals surface area contributed by atoms with Crippen LogP contribution in [0.2, 0.25) is 5.02 Å². The van der Waals surface area contributed by atoms with Gasteiger partial charge in [-0.15, -0.1) is 11.3 Å². The molecule has 0 saturated carbocycles. The summed E-state index contributed by atoms with van der Waals surface area (Å²) in [5.41, 5.74) is 2.93. The first-order chi connectivity index (χ1) is 14.1. The van der Waals surface area contributed by atoms with E-state index < -0.39 is 0 Å². The second-order valence-electron chi connectivity index (χ2n) is 6.83. The molecule has 0 amide bonds. The molecular formula is C23H21ClN2OS2. The van der Waals surface area contributed by atoms with Crippen LogP contribution in [-0.4, -0.2) is 9.55 Å². The molecule has 0 fully saturated rings. The second kappa shape index (κ2) is 8.74. The molecule has 0 aliphatic rings. The van der Waals surface area contributed by atoms with Gasteiger partial charge < -0.3 is 0 Å². The molecule has 0 atom stereocenters. The average Bonchev–Trinajstić information content (AvgIpc) is 3.04. The van der Waals surface area contributed by atoms with Crippen LogP contribution in [0.15, 0.2) is 64.5 Å². The smallest absolute Gasteiger partial charge is 0.267 e. The number of para-hydroxylation sites is 1. The molecule has 0 bridgehead atoms. The van der Waals surface area contributed by atoms with Crippen molar-refractivity contribution in [2.75, 3.05) is 0 Å². The number of thioether (sulfide) groups is 1. The Kier molecular flexibility index (Phi) is 6.09. The molecule has 4 rings (SSSR count). The Balaban J connectivity index is 1.87. The largest absolute Gasteiger partial charge is 0.268 e. The van der Waals surface area contributed by atoms with E-state index in [0.717, 1.165) is 44.9 Å². The predicted molar refractivity (Wildman–Crippen MR) is 125 cm³/mol. The van der Waals surface area contributed by atoms with E-state index in [9.17, 15) is 4.79 Å². The maximum Gasteiger partial charge on any atom is 0.267 e. The fourth-order valence-corrected chi connectivity index (χ4v) is 5.95. The topological polar surface area (TPSA) is 34.9 Å². The fraction of sp³-hybridized carbons (Fsp3) is 0.217. The highest BCUT2D eigenvalue weighted by Crippen LogP contribution is 2.32. The summed E-state index contributed by atoms with van der Waals surface area (Å²) in [6.45, 7) is 4.20. The number of rotatable bonds is 6. The van der Waals surface area contributed by atoms with E-state index in [2.05, 4.69) is 6.92 Å². The summed E-state index contributed by atoms with van der Waals surface area (Å²) in [7, 11) is 0. The zero-order valence-corrected chi connectivity index (χ0v) is 18.7. The first kappa shape index (κ1) is 20.2. The second-order valence-corrected chi connectivity index (χ2v) is 9.26. The third-order valence-corrected chi connectivity index (χ3v) is 7.44. The van der Waals surface area contributed by atoms with Gasteiger partial charge in [0.1, 0.15) is 4.83 Å². The van der Waals surface area contributed by atoms with E-state index in [-0.39, 0.29) is 5.56 Å². The summed E-state index contributed by atoms with van der Waals surface area (Å²) in [6, 6.07) is 17.5. The molecule has 0 aliphatic carbocycles. The van der Waals surface area contributed by atoms with Crippen molar-refractivity contribution >= 4 is 44.9 Å². The molecule has 3 nitrogen and oxygen atoms in total. The van der Waals surface area contributed by atoms with Gasteiger partial charge >= 0.3 is 0 Å². The summed E-state index contributed by atoms with van der Waals surface area (Å²) in [5, 5.41) is 2.16. The third-order valence-electron chi connectivity index (χ3n) is 4.84. The van der Waals surface area contributed by atoms with Gasteiger partial charge in [0.15, 0.2) is 5.16 Å². The van der Waals surface area contributed by atoms with E-state index in [0.29, 0.717) is 10.9 Å². The number of fused-ring (bicyclic) bond motifs is 1. The van der Waals surface area contributed by atoms with Crippen molar-refractivity contribution in [2.45, 2.75) is 37.6 Å². The predicted octanol–water partition coefficient (Wildman–Crippen LogP) is 6.65. The van der Waals surface area contributed by atoms with Gasteiger partial charge in [-0.2, -0.15) is 0 Å². The Morgan fingerprint density at radius 3 is 2.55 bits per heavy atom. The molecule has 2 aromatic heterocycles. The van der Waals surface area contributed by atoms with Gasteiger partial charge in [-0.3, -0.25) is 9.36 Å². The van der Waals surface area contributed by atoms with Gasteiger partial charge in [-0.05, 0) is 42.7 Å². The number of hydrogen-bond acceptors (Lipinski definition) is 4. The minimum absolute atomic E-state index is 0.000961. The zero-order chi connectivity index (χ0) is 20.4. The van der Waals surface area contributed by atoms with E-state index in [4.69, 9.17) is 16.6 Å². The van der Waals surface area contributed by atoms with E-state index in [1.807, 2.05) is 61.5 Å². The quantitative estimate of drug-likeness (QED) is 0.248. The molecule has 148 valence electrons. The summed E-state index contributed by atoms with van der Waals surface area (Å²) < 4.78 is 1.74. The molecule has 0 aliphatic heterocycles. The van der Waals surface area contributed by atoms with Crippen LogP contribution in [0, 0.1) is 6.92 Å². The maximum absolute atomic E-state index is 13.6. The van der Waals surface area contributed by atoms with Gasteiger partial charge in [-0.25, -0.2) is 4.98 Å². The number of halogens is 1. The molecule has 4 aromatic rings. The normalized spacial score (nSPS) is 11.3. The fourth-order valence-electron chi connectivity index (χ4n) is 3.34. The lowest BCUT2D eigenvalue weighted by Crippen LogP contribution is -2.21. The summed E-state index contributed by atoms with van der Waals surface area (Å²) in [4.78, 5) is 20.6. The van der Waals surface area contributed by atoms with Gasteiger partial charge in [0.2, 0.25) is 0 Å². The van der Waals surface area contributed by atoms with Crippen molar-refractivity contribution < 1.29 is 0 Å². The Hall–Kier alpha value is -2.08. The van der Waals surface area contributed by atoms with Crippen LogP contribution in [-0.2, 0) is 12.2 Å². The molecule has 0 spiro atoms. The Labute approximate surface area is 183 Å². The van der Waals surface area contributed by atoms with Crippen molar-refractivity contribution in [3.05, 3.63) is 86.0 Å². The number of thiophene rings is 1. The summed E-state index contributed by atoms with van der Waals surface area (Å²) >= 11 is 9.51. The Morgan fingerprint density at radius 1 is 1.10 bits per heavy atom. The number of aryl methyl sites for hydroxylation is 2. The lowest BCUT2D eigenvalue weighted by molar-refractivity contribution is 0.821. The van der Waals surface area contributed by atoms with Crippen LogP contribution in [0.5, 0.6) is 0 Å². The monoisotopic (exact) mass is 440 g/mol. The summed E-state index contributed by atoms with van der Waals surface area (Å²) in [6.07, 6.45) is 2.02. The van der Waals surface area contributed by atoms with E-state index >= 15 is 0 Å². The Morgan fingerprint density at radius 2 is 1.83 bits per heavy atom. The molecule has 0 saturated heterocycles. The van der Waals surface area contributed by atoms with Crippen LogP contribution < -0.4 is 5.56 Å². The van der Waals surface area contributed by atoms with Crippen LogP contribution in [0.25, 0.3) is 15.9 Å². The molecule has 2 aromatic carbocycles. The highest BCUT2D eigenvalue weighted by Gasteiger charge is 2.19. The first-order valence-electron chi connectivity index (χ1n) is 9.56. The average molecular weight is 441 g/mol. The Bertz CT molecular complexity index is 1220. The standard InChI is InChI=1S/C23H21ClN2OS2/c1-3-9-19-15(2)20-21(29-19)25-23(28-14-16-10-7-8-13-18(16)24)26(22(20)27)17-11-5-4-6-12-17/h4-8,10-13H,3,9,14H2,1-2H3. The molecule has 0 N–H and O–H groups in total. The number of aromatic nitrogens is 2. The summed E-state index contributed by atoms with van der Waals surface area (Å²) in [5.74, 6) is 0.649. The van der Waals surface area contributed by atoms with Gasteiger partial charge in [0.25, 0.3) is 5.56 Å². The van der Waals surface area contributed by atoms with Crippen LogP contribution in [0.1, 0.15) is 29.3 Å². The SMILES string of the molecule is CCCc1sc2nc(SCc3ccccc3Cl)n(-c3ccccc3)c(=O)c2c1C. The molecule has 0 radical (unpaired) electrons. The minimum atomic E-state index is -0.000961. The van der Waals surface area contributed by atoms with Crippen molar-refractivity contribution in [1.82, 2.24) is 9.55 Å². The first-order valence-corrected chi connectivity index (χ1v) is 11.7. The number of hydrogen-bond donors (Lipinski definition) is 0. The number of nitrogens with zero attached hydrogens (tertiary/aromatic N) is 2.